The van der Waals surface area contributed by atoms with Gasteiger partial charge in [0.25, 0.3) is 0 Å². The van der Waals surface area contributed by atoms with Gasteiger partial charge in [-0.1, -0.05) is 11.6 Å². The first kappa shape index (κ1) is 15.9. The first-order chi connectivity index (χ1) is 10.5. The van der Waals surface area contributed by atoms with E-state index in [0.29, 0.717) is 34.6 Å². The Labute approximate surface area is 129 Å². The van der Waals surface area contributed by atoms with Crippen LogP contribution in [0.4, 0.5) is 0 Å². The van der Waals surface area contributed by atoms with Crippen molar-refractivity contribution in [3.05, 3.63) is 39.8 Å². The zero-order valence-corrected chi connectivity index (χ0v) is 13.5. The highest BCUT2D eigenvalue weighted by Gasteiger charge is 2.23. The predicted molar refractivity (Wildman–Crippen MR) is 85.3 cm³/mol. The van der Waals surface area contributed by atoms with Crippen molar-refractivity contribution in [3.63, 3.8) is 0 Å². The minimum Gasteiger partial charge on any atom is -0.492 e. The van der Waals surface area contributed by atoms with Gasteiger partial charge in [-0.15, -0.1) is 0 Å². The highest BCUT2D eigenvalue weighted by atomic mass is 16.5. The van der Waals surface area contributed by atoms with Gasteiger partial charge in [0.05, 0.1) is 26.7 Å². The molecule has 5 nitrogen and oxygen atoms in total. The quantitative estimate of drug-likeness (QED) is 0.626. The molecule has 2 aromatic rings. The molecule has 0 aliphatic heterocycles. The van der Waals surface area contributed by atoms with Crippen molar-refractivity contribution in [3.8, 4) is 17.2 Å². The number of fused-ring (bicyclic) bond motifs is 1. The Balaban J connectivity index is 2.91. The van der Waals surface area contributed by atoms with E-state index in [1.165, 1.54) is 13.2 Å². The summed E-state index contributed by atoms with van der Waals surface area (Å²) in [5.41, 5.74) is 1.96. The van der Waals surface area contributed by atoms with E-state index in [0.717, 1.165) is 11.1 Å². The SMILES string of the molecule is COc1c(OC)c(CC=C(C)C)c2oc(=O)ccc2c1OC. The molecule has 0 fully saturated rings. The first-order valence-electron chi connectivity index (χ1n) is 6.91. The van der Waals surface area contributed by atoms with E-state index in [-0.39, 0.29) is 0 Å². The third-order valence-electron chi connectivity index (χ3n) is 3.37. The molecule has 0 aliphatic carbocycles. The van der Waals surface area contributed by atoms with Crippen LogP contribution in [0.1, 0.15) is 19.4 Å². The van der Waals surface area contributed by atoms with Crippen LogP contribution in [-0.4, -0.2) is 21.3 Å². The number of rotatable bonds is 5. The fourth-order valence-electron chi connectivity index (χ4n) is 2.38. The zero-order chi connectivity index (χ0) is 16.3. The smallest absolute Gasteiger partial charge is 0.336 e. The second kappa shape index (κ2) is 6.56. The second-order valence-corrected chi connectivity index (χ2v) is 5.06. The van der Waals surface area contributed by atoms with Gasteiger partial charge < -0.3 is 18.6 Å². The molecule has 2 rings (SSSR count). The molecule has 0 aliphatic rings. The second-order valence-electron chi connectivity index (χ2n) is 5.06. The van der Waals surface area contributed by atoms with E-state index in [4.69, 9.17) is 18.6 Å². The lowest BCUT2D eigenvalue weighted by atomic mass is 10.0. The van der Waals surface area contributed by atoms with E-state index in [9.17, 15) is 4.79 Å². The van der Waals surface area contributed by atoms with E-state index >= 15 is 0 Å². The fraction of sp³-hybridized carbons (Fsp3) is 0.353. The molecular formula is C17H20O5. The zero-order valence-electron chi connectivity index (χ0n) is 13.5. The molecule has 5 heteroatoms. The van der Waals surface area contributed by atoms with Crippen LogP contribution in [0.2, 0.25) is 0 Å². The third kappa shape index (κ3) is 2.79. The minimum atomic E-state index is -0.416. The molecular weight excluding hydrogens is 284 g/mol. The maximum absolute atomic E-state index is 11.6. The summed E-state index contributed by atoms with van der Waals surface area (Å²) in [6.45, 7) is 4.01. The van der Waals surface area contributed by atoms with Gasteiger partial charge >= 0.3 is 5.63 Å². The van der Waals surface area contributed by atoms with Crippen molar-refractivity contribution in [2.45, 2.75) is 20.3 Å². The van der Waals surface area contributed by atoms with Crippen molar-refractivity contribution < 1.29 is 18.6 Å². The topological polar surface area (TPSA) is 57.9 Å². The summed E-state index contributed by atoms with van der Waals surface area (Å²) >= 11 is 0. The van der Waals surface area contributed by atoms with Crippen molar-refractivity contribution >= 4 is 11.0 Å². The maximum atomic E-state index is 11.6. The lowest BCUT2D eigenvalue weighted by Gasteiger charge is -2.17. The van der Waals surface area contributed by atoms with Crippen molar-refractivity contribution in [2.75, 3.05) is 21.3 Å². The molecule has 0 amide bonds. The minimum absolute atomic E-state index is 0.416. The fourth-order valence-corrected chi connectivity index (χ4v) is 2.38. The molecule has 0 N–H and O–H groups in total. The lowest BCUT2D eigenvalue weighted by molar-refractivity contribution is 0.324. The predicted octanol–water partition coefficient (Wildman–Crippen LogP) is 3.33. The Morgan fingerprint density at radius 1 is 1.05 bits per heavy atom. The number of benzene rings is 1. The molecule has 0 radical (unpaired) electrons. The molecule has 0 saturated carbocycles. The summed E-state index contributed by atoms with van der Waals surface area (Å²) in [5, 5.41) is 0.678. The molecule has 1 aromatic carbocycles. The highest BCUT2D eigenvalue weighted by Crippen LogP contribution is 2.46. The van der Waals surface area contributed by atoms with E-state index in [1.807, 2.05) is 19.9 Å². The van der Waals surface area contributed by atoms with Crippen LogP contribution in [-0.2, 0) is 6.42 Å². The van der Waals surface area contributed by atoms with Gasteiger partial charge in [0.2, 0.25) is 5.75 Å². The summed E-state index contributed by atoms with van der Waals surface area (Å²) < 4.78 is 21.8. The Morgan fingerprint density at radius 3 is 2.23 bits per heavy atom. The Bertz CT molecular complexity index is 767. The van der Waals surface area contributed by atoms with Crippen LogP contribution in [0.5, 0.6) is 17.2 Å². The Morgan fingerprint density at radius 2 is 1.68 bits per heavy atom. The summed E-state index contributed by atoms with van der Waals surface area (Å²) in [4.78, 5) is 11.6. The van der Waals surface area contributed by atoms with Gasteiger partial charge in [0.1, 0.15) is 5.58 Å². The lowest BCUT2D eigenvalue weighted by Crippen LogP contribution is -2.03. The molecule has 0 bridgehead atoms. The standard InChI is InChI=1S/C17H20O5/c1-10(2)6-7-11-14-12(8-9-13(18)22-14)16(20-4)17(21-5)15(11)19-3/h6,8-9H,7H2,1-5H3. The normalized spacial score (nSPS) is 10.4. The third-order valence-corrected chi connectivity index (χ3v) is 3.37. The monoisotopic (exact) mass is 304 g/mol. The Kier molecular flexibility index (Phi) is 4.75. The van der Waals surface area contributed by atoms with Crippen molar-refractivity contribution in [1.29, 1.82) is 0 Å². The van der Waals surface area contributed by atoms with Crippen LogP contribution < -0.4 is 19.8 Å². The molecule has 118 valence electrons. The average molecular weight is 304 g/mol. The molecule has 0 atom stereocenters. The van der Waals surface area contributed by atoms with Gasteiger partial charge in [0, 0.05) is 11.6 Å². The summed E-state index contributed by atoms with van der Waals surface area (Å²) in [7, 11) is 4.64. The Hall–Kier alpha value is -2.43. The van der Waals surface area contributed by atoms with E-state index in [2.05, 4.69) is 0 Å². The highest BCUT2D eigenvalue weighted by molar-refractivity contribution is 5.92. The van der Waals surface area contributed by atoms with Crippen LogP contribution >= 0.6 is 0 Å². The first-order valence-corrected chi connectivity index (χ1v) is 6.91. The summed E-state index contributed by atoms with van der Waals surface area (Å²) in [5.74, 6) is 1.49. The molecule has 0 saturated heterocycles. The summed E-state index contributed by atoms with van der Waals surface area (Å²) in [6, 6.07) is 3.04. The number of hydrogen-bond acceptors (Lipinski definition) is 5. The maximum Gasteiger partial charge on any atom is 0.336 e. The number of allylic oxidation sites excluding steroid dienone is 2. The van der Waals surface area contributed by atoms with Crippen LogP contribution in [0.25, 0.3) is 11.0 Å². The van der Waals surface area contributed by atoms with Gasteiger partial charge in [0.15, 0.2) is 11.5 Å². The van der Waals surface area contributed by atoms with Gasteiger partial charge in [-0.25, -0.2) is 4.79 Å². The number of hydrogen-bond donors (Lipinski definition) is 0. The van der Waals surface area contributed by atoms with Crippen LogP contribution in [0, 0.1) is 0 Å². The molecule has 1 aromatic heterocycles. The van der Waals surface area contributed by atoms with Gasteiger partial charge in [-0.05, 0) is 26.3 Å². The van der Waals surface area contributed by atoms with Crippen molar-refractivity contribution in [1.82, 2.24) is 0 Å². The molecule has 1 heterocycles. The molecule has 0 unspecified atom stereocenters. The average Bonchev–Trinajstić information content (AvgIpc) is 2.50. The van der Waals surface area contributed by atoms with Crippen LogP contribution in [0.3, 0.4) is 0 Å². The number of ether oxygens (including phenoxy) is 3. The number of methoxy groups -OCH3 is 3. The molecule has 22 heavy (non-hydrogen) atoms. The van der Waals surface area contributed by atoms with E-state index in [1.54, 1.807) is 20.3 Å². The van der Waals surface area contributed by atoms with Gasteiger partial charge in [-0.3, -0.25) is 0 Å². The van der Waals surface area contributed by atoms with Gasteiger partial charge in [-0.2, -0.15) is 0 Å². The van der Waals surface area contributed by atoms with E-state index < -0.39 is 5.63 Å². The molecule has 0 spiro atoms. The summed E-state index contributed by atoms with van der Waals surface area (Å²) in [6.07, 6.45) is 2.60. The van der Waals surface area contributed by atoms with Crippen LogP contribution in [0.15, 0.2) is 33.0 Å². The largest absolute Gasteiger partial charge is 0.492 e. The van der Waals surface area contributed by atoms with Crippen molar-refractivity contribution in [2.24, 2.45) is 0 Å².